The summed E-state index contributed by atoms with van der Waals surface area (Å²) in [6, 6.07) is 3.89. The molecule has 0 saturated heterocycles. The van der Waals surface area contributed by atoms with Gasteiger partial charge in [-0.1, -0.05) is 0 Å². The Morgan fingerprint density at radius 1 is 1.27 bits per heavy atom. The summed E-state index contributed by atoms with van der Waals surface area (Å²) in [6.45, 7) is 1.60. The van der Waals surface area contributed by atoms with Gasteiger partial charge in [0.1, 0.15) is 5.75 Å². The van der Waals surface area contributed by atoms with E-state index in [1.54, 1.807) is 14.0 Å². The van der Waals surface area contributed by atoms with E-state index in [1.165, 1.54) is 24.0 Å². The van der Waals surface area contributed by atoms with Crippen LogP contribution in [0.5, 0.6) is 5.75 Å². The SMILES string of the molecule is COc1cc(C(C)=O)cc2c1CCCC2. The molecule has 15 heavy (non-hydrogen) atoms. The molecule has 1 aromatic carbocycles. The fraction of sp³-hybridized carbons (Fsp3) is 0.462. The first-order valence-corrected chi connectivity index (χ1v) is 5.43. The first-order chi connectivity index (χ1) is 7.22. The average molecular weight is 204 g/mol. The van der Waals surface area contributed by atoms with E-state index < -0.39 is 0 Å². The van der Waals surface area contributed by atoms with Gasteiger partial charge in [0.25, 0.3) is 0 Å². The van der Waals surface area contributed by atoms with Crippen molar-refractivity contribution in [1.29, 1.82) is 0 Å². The highest BCUT2D eigenvalue weighted by Gasteiger charge is 2.16. The molecule has 1 aromatic rings. The molecule has 0 amide bonds. The molecule has 1 aliphatic rings. The third-order valence-electron chi connectivity index (χ3n) is 3.05. The number of Topliss-reactive ketones (excluding diaryl/α,β-unsaturated/α-hetero) is 1. The number of ether oxygens (including phenoxy) is 1. The monoisotopic (exact) mass is 204 g/mol. The molecule has 0 aliphatic heterocycles. The second-order valence-corrected chi connectivity index (χ2v) is 4.08. The molecule has 2 rings (SSSR count). The molecule has 80 valence electrons. The van der Waals surface area contributed by atoms with E-state index in [9.17, 15) is 4.79 Å². The second-order valence-electron chi connectivity index (χ2n) is 4.08. The van der Waals surface area contributed by atoms with Crippen molar-refractivity contribution in [2.75, 3.05) is 7.11 Å². The van der Waals surface area contributed by atoms with Crippen molar-refractivity contribution in [2.45, 2.75) is 32.6 Å². The van der Waals surface area contributed by atoms with Gasteiger partial charge in [0.05, 0.1) is 7.11 Å². The van der Waals surface area contributed by atoms with Gasteiger partial charge in [-0.05, 0) is 55.9 Å². The van der Waals surface area contributed by atoms with Gasteiger partial charge in [0, 0.05) is 5.56 Å². The van der Waals surface area contributed by atoms with Crippen LogP contribution in [0.2, 0.25) is 0 Å². The normalized spacial score (nSPS) is 14.5. The predicted octanol–water partition coefficient (Wildman–Crippen LogP) is 2.78. The molecule has 0 spiro atoms. The summed E-state index contributed by atoms with van der Waals surface area (Å²) in [7, 11) is 1.67. The number of carbonyl (C=O) groups excluding carboxylic acids is 1. The van der Waals surface area contributed by atoms with E-state index in [2.05, 4.69) is 0 Å². The quantitative estimate of drug-likeness (QED) is 0.692. The van der Waals surface area contributed by atoms with E-state index in [0.717, 1.165) is 24.2 Å². The molecule has 0 heterocycles. The van der Waals surface area contributed by atoms with Crippen LogP contribution in [0.25, 0.3) is 0 Å². The summed E-state index contributed by atoms with van der Waals surface area (Å²) in [5.41, 5.74) is 3.37. The van der Waals surface area contributed by atoms with Gasteiger partial charge >= 0.3 is 0 Å². The summed E-state index contributed by atoms with van der Waals surface area (Å²) < 4.78 is 5.35. The summed E-state index contributed by atoms with van der Waals surface area (Å²) in [6.07, 6.45) is 4.60. The maximum absolute atomic E-state index is 11.3. The number of methoxy groups -OCH3 is 1. The zero-order chi connectivity index (χ0) is 10.8. The van der Waals surface area contributed by atoms with Crippen LogP contribution in [0.4, 0.5) is 0 Å². The van der Waals surface area contributed by atoms with E-state index in [-0.39, 0.29) is 5.78 Å². The Morgan fingerprint density at radius 2 is 2.00 bits per heavy atom. The highest BCUT2D eigenvalue weighted by atomic mass is 16.5. The van der Waals surface area contributed by atoms with E-state index in [4.69, 9.17) is 4.74 Å². The fourth-order valence-corrected chi connectivity index (χ4v) is 2.21. The minimum absolute atomic E-state index is 0.113. The second kappa shape index (κ2) is 4.05. The van der Waals surface area contributed by atoms with Crippen LogP contribution in [0, 0.1) is 0 Å². The van der Waals surface area contributed by atoms with Crippen LogP contribution in [0.15, 0.2) is 12.1 Å². The maximum Gasteiger partial charge on any atom is 0.159 e. The van der Waals surface area contributed by atoms with Gasteiger partial charge in [-0.3, -0.25) is 4.79 Å². The lowest BCUT2D eigenvalue weighted by Gasteiger charge is -2.19. The minimum Gasteiger partial charge on any atom is -0.496 e. The Balaban J connectivity index is 2.52. The van der Waals surface area contributed by atoms with Gasteiger partial charge in [-0.25, -0.2) is 0 Å². The highest BCUT2D eigenvalue weighted by Crippen LogP contribution is 2.31. The Morgan fingerprint density at radius 3 is 2.67 bits per heavy atom. The van der Waals surface area contributed by atoms with E-state index in [1.807, 2.05) is 12.1 Å². The van der Waals surface area contributed by atoms with Crippen LogP contribution < -0.4 is 4.74 Å². The Kier molecular flexibility index (Phi) is 2.76. The lowest BCUT2D eigenvalue weighted by molar-refractivity contribution is 0.101. The van der Waals surface area contributed by atoms with Gasteiger partial charge in [0.15, 0.2) is 5.78 Å². The van der Waals surface area contributed by atoms with Crippen molar-refractivity contribution in [3.63, 3.8) is 0 Å². The molecular formula is C13H16O2. The highest BCUT2D eigenvalue weighted by molar-refractivity contribution is 5.94. The van der Waals surface area contributed by atoms with Crippen LogP contribution in [-0.4, -0.2) is 12.9 Å². The summed E-state index contributed by atoms with van der Waals surface area (Å²) in [5, 5.41) is 0. The van der Waals surface area contributed by atoms with Crippen LogP contribution in [0.1, 0.15) is 41.3 Å². The number of fused-ring (bicyclic) bond motifs is 1. The molecule has 0 radical (unpaired) electrons. The predicted molar refractivity (Wildman–Crippen MR) is 59.6 cm³/mol. The van der Waals surface area contributed by atoms with Crippen molar-refractivity contribution >= 4 is 5.78 Å². The Hall–Kier alpha value is -1.31. The summed E-state index contributed by atoms with van der Waals surface area (Å²) in [5.74, 6) is 0.999. The molecule has 0 bridgehead atoms. The van der Waals surface area contributed by atoms with Crippen LogP contribution in [0.3, 0.4) is 0 Å². The fourth-order valence-electron chi connectivity index (χ4n) is 2.21. The molecule has 0 fully saturated rings. The largest absolute Gasteiger partial charge is 0.496 e. The Bertz CT molecular complexity index is 377. The number of rotatable bonds is 2. The molecule has 1 aliphatic carbocycles. The van der Waals surface area contributed by atoms with Gasteiger partial charge in [-0.15, -0.1) is 0 Å². The molecule has 2 heteroatoms. The zero-order valence-electron chi connectivity index (χ0n) is 9.30. The van der Waals surface area contributed by atoms with Crippen molar-refractivity contribution in [2.24, 2.45) is 0 Å². The maximum atomic E-state index is 11.3. The molecule has 0 atom stereocenters. The topological polar surface area (TPSA) is 26.3 Å². The smallest absolute Gasteiger partial charge is 0.159 e. The van der Waals surface area contributed by atoms with Gasteiger partial charge < -0.3 is 4.74 Å². The number of hydrogen-bond donors (Lipinski definition) is 0. The van der Waals surface area contributed by atoms with Gasteiger partial charge in [0.2, 0.25) is 0 Å². The number of ketones is 1. The number of aryl methyl sites for hydroxylation is 1. The van der Waals surface area contributed by atoms with Crippen LogP contribution >= 0.6 is 0 Å². The van der Waals surface area contributed by atoms with Crippen LogP contribution in [-0.2, 0) is 12.8 Å². The number of carbonyl (C=O) groups is 1. The van der Waals surface area contributed by atoms with Gasteiger partial charge in [-0.2, -0.15) is 0 Å². The summed E-state index contributed by atoms with van der Waals surface area (Å²) in [4.78, 5) is 11.3. The molecule has 2 nitrogen and oxygen atoms in total. The third-order valence-corrected chi connectivity index (χ3v) is 3.05. The van der Waals surface area contributed by atoms with Crippen molar-refractivity contribution < 1.29 is 9.53 Å². The molecule has 0 unspecified atom stereocenters. The Labute approximate surface area is 90.3 Å². The minimum atomic E-state index is 0.113. The summed E-state index contributed by atoms with van der Waals surface area (Å²) >= 11 is 0. The molecular weight excluding hydrogens is 188 g/mol. The third kappa shape index (κ3) is 1.89. The van der Waals surface area contributed by atoms with Crippen molar-refractivity contribution in [3.05, 3.63) is 28.8 Å². The molecule has 0 aromatic heterocycles. The standard InChI is InChI=1S/C13H16O2/c1-9(14)11-7-10-5-3-4-6-12(10)13(8-11)15-2/h7-8H,3-6H2,1-2H3. The number of hydrogen-bond acceptors (Lipinski definition) is 2. The average Bonchev–Trinajstić information content (AvgIpc) is 2.27. The number of benzene rings is 1. The lowest BCUT2D eigenvalue weighted by atomic mass is 9.89. The lowest BCUT2D eigenvalue weighted by Crippen LogP contribution is -2.07. The first kappa shape index (κ1) is 10.2. The van der Waals surface area contributed by atoms with E-state index in [0.29, 0.717) is 0 Å². The van der Waals surface area contributed by atoms with Crippen molar-refractivity contribution in [1.82, 2.24) is 0 Å². The van der Waals surface area contributed by atoms with Crippen molar-refractivity contribution in [3.8, 4) is 5.75 Å². The molecule has 0 saturated carbocycles. The molecule has 0 N–H and O–H groups in total. The van der Waals surface area contributed by atoms with E-state index >= 15 is 0 Å². The zero-order valence-corrected chi connectivity index (χ0v) is 9.30. The first-order valence-electron chi connectivity index (χ1n) is 5.43.